The lowest BCUT2D eigenvalue weighted by atomic mass is 10.2. The van der Waals surface area contributed by atoms with Crippen molar-refractivity contribution in [3.63, 3.8) is 0 Å². The highest BCUT2D eigenvalue weighted by molar-refractivity contribution is 9.10. The molecule has 0 spiro atoms. The van der Waals surface area contributed by atoms with Crippen molar-refractivity contribution < 1.29 is 0 Å². The Labute approximate surface area is 126 Å². The molecule has 6 heteroatoms. The molecule has 0 atom stereocenters. The van der Waals surface area contributed by atoms with Crippen LogP contribution >= 0.6 is 27.3 Å². The number of rotatable bonds is 6. The molecular weight excluding hydrogens is 324 g/mol. The molecule has 4 nitrogen and oxygen atoms in total. The highest BCUT2D eigenvalue weighted by atomic mass is 79.9. The van der Waals surface area contributed by atoms with Gasteiger partial charge in [-0.3, -0.25) is 0 Å². The van der Waals surface area contributed by atoms with E-state index in [9.17, 15) is 0 Å². The zero-order chi connectivity index (χ0) is 13.7. The number of anilines is 1. The van der Waals surface area contributed by atoms with Crippen molar-refractivity contribution in [2.75, 3.05) is 18.5 Å². The second kappa shape index (κ2) is 6.98. The molecule has 2 heterocycles. The van der Waals surface area contributed by atoms with Gasteiger partial charge >= 0.3 is 0 Å². The Morgan fingerprint density at radius 1 is 1.42 bits per heavy atom. The van der Waals surface area contributed by atoms with Crippen LogP contribution in [0.3, 0.4) is 0 Å². The number of aromatic nitrogens is 2. The maximum absolute atomic E-state index is 4.53. The summed E-state index contributed by atoms with van der Waals surface area (Å²) in [6.07, 6.45) is 1.84. The summed E-state index contributed by atoms with van der Waals surface area (Å²) in [5.74, 6) is 0.997. The van der Waals surface area contributed by atoms with Gasteiger partial charge in [-0.2, -0.15) is 0 Å². The lowest BCUT2D eigenvalue weighted by molar-refractivity contribution is 0.718. The fraction of sp³-hybridized carbons (Fsp3) is 0.385. The molecule has 19 heavy (non-hydrogen) atoms. The molecule has 0 aliphatic heterocycles. The van der Waals surface area contributed by atoms with Crippen molar-refractivity contribution in [3.05, 3.63) is 38.9 Å². The van der Waals surface area contributed by atoms with Crippen LogP contribution in [0.25, 0.3) is 0 Å². The van der Waals surface area contributed by atoms with Crippen LogP contribution in [0.1, 0.15) is 18.2 Å². The van der Waals surface area contributed by atoms with E-state index in [1.54, 1.807) is 11.3 Å². The average molecular weight is 341 g/mol. The molecule has 0 bridgehead atoms. The zero-order valence-corrected chi connectivity index (χ0v) is 13.5. The summed E-state index contributed by atoms with van der Waals surface area (Å²) in [5.41, 5.74) is 4.12. The molecule has 2 aromatic heterocycles. The van der Waals surface area contributed by atoms with Gasteiger partial charge in [-0.1, -0.05) is 6.92 Å². The summed E-state index contributed by atoms with van der Waals surface area (Å²) < 4.78 is 1.01. The SMILES string of the molecule is CCNCc1cc(Br)cnc1N(C)Cc1cscn1. The first kappa shape index (κ1) is 14.4. The van der Waals surface area contributed by atoms with Crippen LogP contribution in [0, 0.1) is 0 Å². The van der Waals surface area contributed by atoms with Gasteiger partial charge in [-0.05, 0) is 28.5 Å². The first-order chi connectivity index (χ1) is 9.20. The Kier molecular flexibility index (Phi) is 5.30. The topological polar surface area (TPSA) is 41.1 Å². The maximum Gasteiger partial charge on any atom is 0.133 e. The Hall–Kier alpha value is -0.980. The van der Waals surface area contributed by atoms with Gasteiger partial charge in [0, 0.05) is 35.2 Å². The third-order valence-electron chi connectivity index (χ3n) is 2.72. The molecule has 2 rings (SSSR count). The number of hydrogen-bond acceptors (Lipinski definition) is 5. The van der Waals surface area contributed by atoms with E-state index >= 15 is 0 Å². The molecule has 0 saturated heterocycles. The minimum atomic E-state index is 0.775. The molecule has 0 unspecified atom stereocenters. The smallest absolute Gasteiger partial charge is 0.133 e. The first-order valence-corrected chi connectivity index (χ1v) is 7.87. The van der Waals surface area contributed by atoms with Crippen LogP contribution in [0.15, 0.2) is 27.6 Å². The molecule has 0 aromatic carbocycles. The molecule has 0 radical (unpaired) electrons. The summed E-state index contributed by atoms with van der Waals surface area (Å²) in [6.45, 7) is 4.64. The lowest BCUT2D eigenvalue weighted by Crippen LogP contribution is -2.22. The molecule has 0 saturated carbocycles. The highest BCUT2D eigenvalue weighted by Gasteiger charge is 2.11. The van der Waals surface area contributed by atoms with Gasteiger partial charge in [0.25, 0.3) is 0 Å². The van der Waals surface area contributed by atoms with E-state index in [4.69, 9.17) is 0 Å². The first-order valence-electron chi connectivity index (χ1n) is 6.14. The Bertz CT molecular complexity index is 515. The van der Waals surface area contributed by atoms with Crippen LogP contribution in [0.4, 0.5) is 5.82 Å². The predicted octanol–water partition coefficient (Wildman–Crippen LogP) is 3.05. The van der Waals surface area contributed by atoms with Crippen molar-refractivity contribution in [3.8, 4) is 0 Å². The number of nitrogens with one attached hydrogen (secondary N) is 1. The maximum atomic E-state index is 4.53. The number of halogens is 1. The molecule has 102 valence electrons. The fourth-order valence-corrected chi connectivity index (χ4v) is 2.77. The molecule has 0 aliphatic carbocycles. The Balaban J connectivity index is 2.17. The minimum Gasteiger partial charge on any atom is -0.353 e. The molecule has 0 amide bonds. The summed E-state index contributed by atoms with van der Waals surface area (Å²) in [4.78, 5) is 11.0. The Morgan fingerprint density at radius 3 is 2.95 bits per heavy atom. The van der Waals surface area contributed by atoms with Crippen LogP contribution in [0.5, 0.6) is 0 Å². The zero-order valence-electron chi connectivity index (χ0n) is 11.1. The van der Waals surface area contributed by atoms with Crippen molar-refractivity contribution in [1.29, 1.82) is 0 Å². The molecule has 0 fully saturated rings. The molecule has 2 aromatic rings. The number of hydrogen-bond donors (Lipinski definition) is 1. The largest absolute Gasteiger partial charge is 0.353 e. The van der Waals surface area contributed by atoms with Gasteiger partial charge in [-0.15, -0.1) is 11.3 Å². The van der Waals surface area contributed by atoms with Crippen molar-refractivity contribution in [1.82, 2.24) is 15.3 Å². The minimum absolute atomic E-state index is 0.775. The van der Waals surface area contributed by atoms with Crippen molar-refractivity contribution in [2.45, 2.75) is 20.0 Å². The summed E-state index contributed by atoms with van der Waals surface area (Å²) in [5, 5.41) is 5.41. The molecule has 0 aliphatic rings. The number of pyridine rings is 1. The van der Waals surface area contributed by atoms with E-state index in [0.717, 1.165) is 35.6 Å². The lowest BCUT2D eigenvalue weighted by Gasteiger charge is -2.20. The van der Waals surface area contributed by atoms with Gasteiger partial charge in [-0.25, -0.2) is 9.97 Å². The summed E-state index contributed by atoms with van der Waals surface area (Å²) in [7, 11) is 2.05. The predicted molar refractivity (Wildman–Crippen MR) is 83.5 cm³/mol. The Morgan fingerprint density at radius 2 is 2.26 bits per heavy atom. The van der Waals surface area contributed by atoms with E-state index in [0.29, 0.717) is 0 Å². The summed E-state index contributed by atoms with van der Waals surface area (Å²) >= 11 is 5.10. The van der Waals surface area contributed by atoms with Gasteiger partial charge in [0.15, 0.2) is 0 Å². The van der Waals surface area contributed by atoms with Gasteiger partial charge in [0.1, 0.15) is 5.82 Å². The average Bonchev–Trinajstić information content (AvgIpc) is 2.89. The van der Waals surface area contributed by atoms with Gasteiger partial charge < -0.3 is 10.2 Å². The van der Waals surface area contributed by atoms with Crippen molar-refractivity contribution >= 4 is 33.1 Å². The van der Waals surface area contributed by atoms with E-state index in [1.807, 2.05) is 18.8 Å². The normalized spacial score (nSPS) is 10.7. The molecular formula is C13H17BrN4S. The number of nitrogens with zero attached hydrogens (tertiary/aromatic N) is 3. The van der Waals surface area contributed by atoms with Crippen LogP contribution in [0.2, 0.25) is 0 Å². The van der Waals surface area contributed by atoms with E-state index in [1.165, 1.54) is 5.56 Å². The van der Waals surface area contributed by atoms with Gasteiger partial charge in [0.2, 0.25) is 0 Å². The van der Waals surface area contributed by atoms with Crippen LogP contribution < -0.4 is 10.2 Å². The second-order valence-corrected chi connectivity index (χ2v) is 5.89. The highest BCUT2D eigenvalue weighted by Crippen LogP contribution is 2.22. The van der Waals surface area contributed by atoms with Crippen molar-refractivity contribution in [2.24, 2.45) is 0 Å². The van der Waals surface area contributed by atoms with E-state index in [2.05, 4.69) is 54.5 Å². The second-order valence-electron chi connectivity index (χ2n) is 4.25. The van der Waals surface area contributed by atoms with Crippen LogP contribution in [-0.4, -0.2) is 23.6 Å². The van der Waals surface area contributed by atoms with E-state index in [-0.39, 0.29) is 0 Å². The monoisotopic (exact) mass is 340 g/mol. The van der Waals surface area contributed by atoms with E-state index < -0.39 is 0 Å². The van der Waals surface area contributed by atoms with Gasteiger partial charge in [0.05, 0.1) is 17.7 Å². The third kappa shape index (κ3) is 3.99. The molecule has 1 N–H and O–H groups in total. The quantitative estimate of drug-likeness (QED) is 0.877. The standard InChI is InChI=1S/C13H17BrN4S/c1-3-15-5-10-4-11(14)6-16-13(10)18(2)7-12-8-19-9-17-12/h4,6,8-9,15H,3,5,7H2,1-2H3. The van der Waals surface area contributed by atoms with Crippen LogP contribution in [-0.2, 0) is 13.1 Å². The third-order valence-corrected chi connectivity index (χ3v) is 3.79. The number of thiazole rings is 1. The fourth-order valence-electron chi connectivity index (χ4n) is 1.84. The summed E-state index contributed by atoms with van der Waals surface area (Å²) in [6, 6.07) is 2.11.